The van der Waals surface area contributed by atoms with Gasteiger partial charge in [0.15, 0.2) is 5.16 Å². The molecule has 0 fully saturated rings. The Balaban J connectivity index is 2.04. The average molecular weight is 316 g/mol. The van der Waals surface area contributed by atoms with E-state index in [0.29, 0.717) is 0 Å². The number of fused-ring (bicyclic) bond motifs is 3. The van der Waals surface area contributed by atoms with Gasteiger partial charge in [-0.05, 0) is 50.5 Å². The number of hydrogen-bond donors (Lipinski definition) is 0. The molecule has 4 rings (SSSR count). The summed E-state index contributed by atoms with van der Waals surface area (Å²) in [6.07, 6.45) is 8.04. The summed E-state index contributed by atoms with van der Waals surface area (Å²) in [7, 11) is 0. The number of thioether (sulfide) groups is 1. The molecule has 1 aromatic heterocycles. The zero-order valence-electron chi connectivity index (χ0n) is 13.6. The lowest BCUT2D eigenvalue weighted by Gasteiger charge is -2.40. The van der Waals surface area contributed by atoms with Crippen LogP contribution in [0.4, 0.5) is 0 Å². The molecule has 0 saturated heterocycles. The van der Waals surface area contributed by atoms with Crippen LogP contribution in [0.3, 0.4) is 0 Å². The standard InChI is InChI=1S/C18H24N2OS/c1-3-18(4-2)11-12-7-5-6-8-13(12)15-14(18)16(21)20-9-10-22-17(20)19-15/h3-11H2,1-2H3. The van der Waals surface area contributed by atoms with Gasteiger partial charge in [0, 0.05) is 17.7 Å². The van der Waals surface area contributed by atoms with Crippen molar-refractivity contribution in [2.24, 2.45) is 0 Å². The molecule has 2 heterocycles. The van der Waals surface area contributed by atoms with Crippen LogP contribution >= 0.6 is 11.8 Å². The van der Waals surface area contributed by atoms with E-state index in [0.717, 1.165) is 54.4 Å². The maximum Gasteiger partial charge on any atom is 0.258 e. The first-order valence-corrected chi connectivity index (χ1v) is 9.68. The SMILES string of the molecule is CCC1(CC)CC2=C(CCCC2)c2nc3n(c(=O)c21)CCS3. The normalized spacial score (nSPS) is 22.3. The summed E-state index contributed by atoms with van der Waals surface area (Å²) < 4.78 is 1.93. The van der Waals surface area contributed by atoms with Crippen molar-refractivity contribution in [1.29, 1.82) is 0 Å². The molecule has 1 aliphatic heterocycles. The Bertz CT molecular complexity index is 713. The minimum absolute atomic E-state index is 0.0187. The average Bonchev–Trinajstić information content (AvgIpc) is 3.03. The third-order valence-electron chi connectivity index (χ3n) is 5.98. The highest BCUT2D eigenvalue weighted by Gasteiger charge is 2.42. The lowest BCUT2D eigenvalue weighted by Crippen LogP contribution is -2.40. The molecule has 0 spiro atoms. The van der Waals surface area contributed by atoms with Crippen LogP contribution in [0.25, 0.3) is 5.57 Å². The van der Waals surface area contributed by atoms with E-state index in [1.807, 2.05) is 4.57 Å². The Morgan fingerprint density at radius 3 is 2.77 bits per heavy atom. The molecular formula is C18H24N2OS. The van der Waals surface area contributed by atoms with Gasteiger partial charge in [0.05, 0.1) is 11.3 Å². The maximum atomic E-state index is 13.2. The van der Waals surface area contributed by atoms with Crippen molar-refractivity contribution in [2.45, 2.75) is 75.9 Å². The largest absolute Gasteiger partial charge is 0.287 e. The van der Waals surface area contributed by atoms with Gasteiger partial charge in [0.1, 0.15) is 0 Å². The molecule has 0 unspecified atom stereocenters. The van der Waals surface area contributed by atoms with Crippen LogP contribution in [0, 0.1) is 0 Å². The van der Waals surface area contributed by atoms with Crippen molar-refractivity contribution in [2.75, 3.05) is 5.75 Å². The molecule has 0 saturated carbocycles. The van der Waals surface area contributed by atoms with Crippen molar-refractivity contribution in [3.8, 4) is 0 Å². The van der Waals surface area contributed by atoms with Crippen molar-refractivity contribution in [1.82, 2.24) is 9.55 Å². The molecule has 0 radical (unpaired) electrons. The van der Waals surface area contributed by atoms with E-state index >= 15 is 0 Å². The second kappa shape index (κ2) is 5.26. The Morgan fingerprint density at radius 2 is 2.00 bits per heavy atom. The van der Waals surface area contributed by atoms with Crippen LogP contribution in [0.5, 0.6) is 0 Å². The van der Waals surface area contributed by atoms with Gasteiger partial charge < -0.3 is 0 Å². The van der Waals surface area contributed by atoms with Gasteiger partial charge in [-0.25, -0.2) is 4.98 Å². The van der Waals surface area contributed by atoms with E-state index in [9.17, 15) is 4.79 Å². The van der Waals surface area contributed by atoms with Crippen LogP contribution in [-0.2, 0) is 12.0 Å². The lowest BCUT2D eigenvalue weighted by molar-refractivity contribution is 0.364. The molecule has 0 atom stereocenters. The van der Waals surface area contributed by atoms with E-state index in [1.54, 1.807) is 17.3 Å². The molecule has 2 aliphatic carbocycles. The van der Waals surface area contributed by atoms with Crippen LogP contribution in [0.1, 0.15) is 70.1 Å². The molecule has 3 nitrogen and oxygen atoms in total. The monoisotopic (exact) mass is 316 g/mol. The second-order valence-electron chi connectivity index (χ2n) is 6.88. The predicted molar refractivity (Wildman–Crippen MR) is 91.5 cm³/mol. The molecular weight excluding hydrogens is 292 g/mol. The Hall–Kier alpha value is -1.03. The number of rotatable bonds is 2. The van der Waals surface area contributed by atoms with E-state index < -0.39 is 0 Å². The van der Waals surface area contributed by atoms with Gasteiger partial charge >= 0.3 is 0 Å². The van der Waals surface area contributed by atoms with E-state index in [-0.39, 0.29) is 11.0 Å². The zero-order valence-corrected chi connectivity index (χ0v) is 14.4. The van der Waals surface area contributed by atoms with Crippen LogP contribution in [0.2, 0.25) is 0 Å². The minimum atomic E-state index is 0.0187. The Labute approximate surface area is 136 Å². The van der Waals surface area contributed by atoms with Gasteiger partial charge in [-0.1, -0.05) is 31.2 Å². The molecule has 0 aromatic carbocycles. The molecule has 0 amide bonds. The van der Waals surface area contributed by atoms with E-state index in [1.165, 1.54) is 24.8 Å². The molecule has 1 aromatic rings. The van der Waals surface area contributed by atoms with E-state index in [4.69, 9.17) is 4.98 Å². The summed E-state index contributed by atoms with van der Waals surface area (Å²) in [5.74, 6) is 0.988. The smallest absolute Gasteiger partial charge is 0.258 e. The van der Waals surface area contributed by atoms with Crippen molar-refractivity contribution in [3.05, 3.63) is 27.2 Å². The maximum absolute atomic E-state index is 13.2. The number of aromatic nitrogens is 2. The summed E-state index contributed by atoms with van der Waals surface area (Å²) in [6.45, 7) is 5.32. The topological polar surface area (TPSA) is 34.9 Å². The highest BCUT2D eigenvalue weighted by molar-refractivity contribution is 7.99. The summed E-state index contributed by atoms with van der Waals surface area (Å²) in [6, 6.07) is 0. The molecule has 0 N–H and O–H groups in total. The molecule has 22 heavy (non-hydrogen) atoms. The minimum Gasteiger partial charge on any atom is -0.287 e. The Kier molecular flexibility index (Phi) is 3.48. The number of allylic oxidation sites excluding steroid dienone is 2. The van der Waals surface area contributed by atoms with Gasteiger partial charge in [-0.2, -0.15) is 0 Å². The van der Waals surface area contributed by atoms with Crippen molar-refractivity contribution in [3.63, 3.8) is 0 Å². The van der Waals surface area contributed by atoms with Gasteiger partial charge in [0.25, 0.3) is 5.56 Å². The van der Waals surface area contributed by atoms with E-state index in [2.05, 4.69) is 13.8 Å². The first kappa shape index (κ1) is 14.6. The fourth-order valence-corrected chi connectivity index (χ4v) is 5.51. The molecule has 0 bridgehead atoms. The van der Waals surface area contributed by atoms with Crippen molar-refractivity contribution >= 4 is 17.3 Å². The second-order valence-corrected chi connectivity index (χ2v) is 7.94. The van der Waals surface area contributed by atoms with Crippen LogP contribution in [-0.4, -0.2) is 15.3 Å². The fourth-order valence-electron chi connectivity index (χ4n) is 4.57. The Morgan fingerprint density at radius 1 is 1.23 bits per heavy atom. The lowest BCUT2D eigenvalue weighted by atomic mass is 9.64. The summed E-state index contributed by atoms with van der Waals surface area (Å²) >= 11 is 1.74. The first-order valence-electron chi connectivity index (χ1n) is 8.69. The third-order valence-corrected chi connectivity index (χ3v) is 6.94. The summed E-state index contributed by atoms with van der Waals surface area (Å²) in [5, 5.41) is 0.948. The quantitative estimate of drug-likeness (QED) is 0.769. The number of hydrogen-bond acceptors (Lipinski definition) is 3. The third kappa shape index (κ3) is 1.89. The summed E-state index contributed by atoms with van der Waals surface area (Å²) in [4.78, 5) is 18.2. The summed E-state index contributed by atoms with van der Waals surface area (Å²) in [5.41, 5.74) is 5.42. The first-order chi connectivity index (χ1) is 10.7. The predicted octanol–water partition coefficient (Wildman–Crippen LogP) is 4.14. The van der Waals surface area contributed by atoms with Crippen LogP contribution < -0.4 is 5.56 Å². The van der Waals surface area contributed by atoms with Gasteiger partial charge in [0.2, 0.25) is 0 Å². The molecule has 118 valence electrons. The fraction of sp³-hybridized carbons (Fsp3) is 0.667. The molecule has 3 aliphatic rings. The zero-order chi connectivity index (χ0) is 15.3. The highest BCUT2D eigenvalue weighted by Crippen LogP contribution is 2.49. The highest BCUT2D eigenvalue weighted by atomic mass is 32.2. The van der Waals surface area contributed by atoms with Crippen molar-refractivity contribution < 1.29 is 0 Å². The van der Waals surface area contributed by atoms with Crippen LogP contribution in [0.15, 0.2) is 15.5 Å². The molecule has 4 heteroatoms. The van der Waals surface area contributed by atoms with Gasteiger partial charge in [-0.3, -0.25) is 9.36 Å². The van der Waals surface area contributed by atoms with Gasteiger partial charge in [-0.15, -0.1) is 0 Å². The number of nitrogens with zero attached hydrogens (tertiary/aromatic N) is 2.